The number of carbonyl (C=O) groups is 2. The Labute approximate surface area is 206 Å². The van der Waals surface area contributed by atoms with E-state index in [1.165, 1.54) is 5.56 Å². The smallest absolute Gasteiger partial charge is 0.261 e. The summed E-state index contributed by atoms with van der Waals surface area (Å²) in [6.45, 7) is 6.33. The van der Waals surface area contributed by atoms with E-state index in [9.17, 15) is 9.59 Å². The quantitative estimate of drug-likeness (QED) is 0.451. The maximum atomic E-state index is 13.4. The predicted molar refractivity (Wildman–Crippen MR) is 135 cm³/mol. The van der Waals surface area contributed by atoms with Crippen molar-refractivity contribution in [2.24, 2.45) is 0 Å². The molecule has 0 bridgehead atoms. The number of amides is 2. The molecule has 1 N–H and O–H groups in total. The fourth-order valence-corrected chi connectivity index (χ4v) is 4.90. The molecule has 1 aliphatic carbocycles. The number of rotatable bonds is 10. The Morgan fingerprint density at radius 2 is 1.88 bits per heavy atom. The lowest BCUT2D eigenvalue weighted by atomic mass is 10.1. The van der Waals surface area contributed by atoms with E-state index < -0.39 is 6.04 Å². The first-order valence-electron chi connectivity index (χ1n) is 12.0. The Bertz CT molecular complexity index is 956. The second-order valence-electron chi connectivity index (χ2n) is 8.77. The van der Waals surface area contributed by atoms with E-state index in [0.717, 1.165) is 47.7 Å². The van der Waals surface area contributed by atoms with Gasteiger partial charge in [0.05, 0.1) is 4.47 Å². The molecule has 0 radical (unpaired) electrons. The van der Waals surface area contributed by atoms with E-state index in [0.29, 0.717) is 18.7 Å². The zero-order valence-electron chi connectivity index (χ0n) is 19.9. The molecule has 3 rings (SSSR count). The van der Waals surface area contributed by atoms with Crippen LogP contribution in [0, 0.1) is 6.92 Å². The van der Waals surface area contributed by atoms with Crippen LogP contribution in [0.5, 0.6) is 5.75 Å². The first-order chi connectivity index (χ1) is 15.9. The number of carbonyl (C=O) groups excluding carboxylic acids is 2. The number of hydrogen-bond acceptors (Lipinski definition) is 3. The van der Waals surface area contributed by atoms with Crippen LogP contribution in [-0.2, 0) is 22.6 Å². The van der Waals surface area contributed by atoms with E-state index in [4.69, 9.17) is 4.74 Å². The zero-order chi connectivity index (χ0) is 23.8. The van der Waals surface area contributed by atoms with Gasteiger partial charge >= 0.3 is 0 Å². The predicted octanol–water partition coefficient (Wildman–Crippen LogP) is 5.56. The molecule has 1 saturated carbocycles. The van der Waals surface area contributed by atoms with E-state index in [1.54, 1.807) is 4.90 Å². The fourth-order valence-electron chi connectivity index (χ4n) is 4.36. The number of halogens is 1. The van der Waals surface area contributed by atoms with Crippen LogP contribution >= 0.6 is 15.9 Å². The second kappa shape index (κ2) is 12.2. The van der Waals surface area contributed by atoms with Gasteiger partial charge in [0.25, 0.3) is 5.91 Å². The molecule has 6 heteroatoms. The summed E-state index contributed by atoms with van der Waals surface area (Å²) in [5.41, 5.74) is 3.32. The third kappa shape index (κ3) is 6.83. The van der Waals surface area contributed by atoms with Crippen LogP contribution < -0.4 is 10.1 Å². The molecule has 0 aromatic heterocycles. The Morgan fingerprint density at radius 1 is 1.15 bits per heavy atom. The molecule has 2 aromatic rings. The largest absolute Gasteiger partial charge is 0.483 e. The van der Waals surface area contributed by atoms with Crippen molar-refractivity contribution in [1.82, 2.24) is 10.2 Å². The summed E-state index contributed by atoms with van der Waals surface area (Å²) in [6, 6.07) is 13.6. The maximum absolute atomic E-state index is 13.4. The molecule has 33 heavy (non-hydrogen) atoms. The summed E-state index contributed by atoms with van der Waals surface area (Å²) < 4.78 is 6.71. The van der Waals surface area contributed by atoms with E-state index >= 15 is 0 Å². The highest BCUT2D eigenvalue weighted by atomic mass is 79.9. The van der Waals surface area contributed by atoms with Gasteiger partial charge in [0.2, 0.25) is 5.91 Å². The lowest BCUT2D eigenvalue weighted by Crippen LogP contribution is -2.52. The topological polar surface area (TPSA) is 58.6 Å². The van der Waals surface area contributed by atoms with Gasteiger partial charge in [0, 0.05) is 12.6 Å². The Morgan fingerprint density at radius 3 is 2.52 bits per heavy atom. The molecule has 0 unspecified atom stereocenters. The van der Waals surface area contributed by atoms with Crippen LogP contribution in [0.1, 0.15) is 62.6 Å². The number of nitrogens with one attached hydrogen (secondary N) is 1. The van der Waals surface area contributed by atoms with E-state index in [-0.39, 0.29) is 24.5 Å². The molecule has 0 aliphatic heterocycles. The second-order valence-corrected chi connectivity index (χ2v) is 9.62. The SMILES string of the molecule is CCc1ccc(OCC(=O)N(Cc2ccccc2C)[C@@H](CC)C(=O)NC2CCCC2)c(Br)c1. The van der Waals surface area contributed by atoms with Crippen LogP contribution in [0.25, 0.3) is 0 Å². The number of aryl methyl sites for hydroxylation is 2. The maximum Gasteiger partial charge on any atom is 0.261 e. The van der Waals surface area contributed by atoms with Crippen LogP contribution in [-0.4, -0.2) is 35.4 Å². The number of benzene rings is 2. The van der Waals surface area contributed by atoms with Gasteiger partial charge in [0.15, 0.2) is 6.61 Å². The highest BCUT2D eigenvalue weighted by molar-refractivity contribution is 9.10. The Balaban J connectivity index is 1.78. The van der Waals surface area contributed by atoms with Crippen LogP contribution in [0.4, 0.5) is 0 Å². The van der Waals surface area contributed by atoms with Crippen LogP contribution in [0.2, 0.25) is 0 Å². The molecular formula is C27H35BrN2O3. The lowest BCUT2D eigenvalue weighted by Gasteiger charge is -2.32. The summed E-state index contributed by atoms with van der Waals surface area (Å²) in [7, 11) is 0. The van der Waals surface area contributed by atoms with Crippen molar-refractivity contribution in [1.29, 1.82) is 0 Å². The summed E-state index contributed by atoms with van der Waals surface area (Å²) in [5.74, 6) is 0.359. The van der Waals surface area contributed by atoms with Gasteiger partial charge in [0.1, 0.15) is 11.8 Å². The van der Waals surface area contributed by atoms with Crippen LogP contribution in [0.3, 0.4) is 0 Å². The Hall–Kier alpha value is -2.34. The van der Waals surface area contributed by atoms with Crippen molar-refractivity contribution >= 4 is 27.7 Å². The number of ether oxygens (including phenoxy) is 1. The van der Waals surface area contributed by atoms with Crippen molar-refractivity contribution in [2.45, 2.75) is 77.9 Å². The van der Waals surface area contributed by atoms with Gasteiger partial charge in [-0.2, -0.15) is 0 Å². The molecule has 0 saturated heterocycles. The third-order valence-corrected chi connectivity index (χ3v) is 7.06. The first kappa shape index (κ1) is 25.3. The Kier molecular flexibility index (Phi) is 9.36. The van der Waals surface area contributed by atoms with Crippen molar-refractivity contribution in [2.75, 3.05) is 6.61 Å². The highest BCUT2D eigenvalue weighted by Gasteiger charge is 2.31. The normalized spacial score (nSPS) is 14.7. The molecule has 0 spiro atoms. The fraction of sp³-hybridized carbons (Fsp3) is 0.481. The van der Waals surface area contributed by atoms with E-state index in [2.05, 4.69) is 28.2 Å². The molecule has 2 aromatic carbocycles. The standard InChI is InChI=1S/C27H35BrN2O3/c1-4-20-14-15-25(23(28)16-20)33-18-26(31)30(17-21-11-7-6-10-19(21)3)24(5-2)27(32)29-22-12-8-9-13-22/h6-7,10-11,14-16,22,24H,4-5,8-9,12-13,17-18H2,1-3H3,(H,29,32)/t24-/m0/s1. The molecule has 2 amide bonds. The van der Waals surface area contributed by atoms with E-state index in [1.807, 2.05) is 56.3 Å². The summed E-state index contributed by atoms with van der Waals surface area (Å²) in [5, 5.41) is 3.18. The zero-order valence-corrected chi connectivity index (χ0v) is 21.5. The average Bonchev–Trinajstić information content (AvgIpc) is 3.32. The molecule has 178 valence electrons. The monoisotopic (exact) mass is 514 g/mol. The van der Waals surface area contributed by atoms with Gasteiger partial charge < -0.3 is 15.0 Å². The molecule has 0 heterocycles. The highest BCUT2D eigenvalue weighted by Crippen LogP contribution is 2.27. The van der Waals surface area contributed by atoms with Crippen LogP contribution in [0.15, 0.2) is 46.9 Å². The van der Waals surface area contributed by atoms with Gasteiger partial charge in [-0.25, -0.2) is 0 Å². The van der Waals surface area contributed by atoms with Crippen molar-refractivity contribution < 1.29 is 14.3 Å². The molecule has 5 nitrogen and oxygen atoms in total. The first-order valence-corrected chi connectivity index (χ1v) is 12.8. The minimum Gasteiger partial charge on any atom is -0.483 e. The molecule has 1 atom stereocenters. The summed E-state index contributed by atoms with van der Waals surface area (Å²) >= 11 is 3.54. The van der Waals surface area contributed by atoms with Crippen molar-refractivity contribution in [3.8, 4) is 5.75 Å². The van der Waals surface area contributed by atoms with Gasteiger partial charge in [-0.3, -0.25) is 9.59 Å². The van der Waals surface area contributed by atoms with Gasteiger partial charge in [-0.15, -0.1) is 0 Å². The average molecular weight is 515 g/mol. The van der Waals surface area contributed by atoms with Crippen molar-refractivity contribution in [3.05, 3.63) is 63.6 Å². The van der Waals surface area contributed by atoms with Crippen molar-refractivity contribution in [3.63, 3.8) is 0 Å². The number of hydrogen-bond donors (Lipinski definition) is 1. The summed E-state index contributed by atoms with van der Waals surface area (Å²) in [4.78, 5) is 28.3. The lowest BCUT2D eigenvalue weighted by molar-refractivity contribution is -0.143. The molecule has 1 fully saturated rings. The van der Waals surface area contributed by atoms with Gasteiger partial charge in [-0.05, 0) is 77.4 Å². The molecule has 1 aliphatic rings. The molecular weight excluding hydrogens is 480 g/mol. The number of nitrogens with zero attached hydrogens (tertiary/aromatic N) is 1. The minimum atomic E-state index is -0.535. The van der Waals surface area contributed by atoms with Gasteiger partial charge in [-0.1, -0.05) is 57.0 Å². The minimum absolute atomic E-state index is 0.0696. The summed E-state index contributed by atoms with van der Waals surface area (Å²) in [6.07, 6.45) is 5.79. The third-order valence-electron chi connectivity index (χ3n) is 6.45.